The van der Waals surface area contributed by atoms with Crippen molar-refractivity contribution in [2.45, 2.75) is 6.54 Å². The summed E-state index contributed by atoms with van der Waals surface area (Å²) in [7, 11) is 0. The highest BCUT2D eigenvalue weighted by atomic mass is 79.9. The lowest BCUT2D eigenvalue weighted by Crippen LogP contribution is -2.28. The SMILES string of the molecule is O=C(NCc1cccc(Br)c1)Nc1cc(F)ccc1F. The predicted octanol–water partition coefficient (Wildman–Crippen LogP) is 4.05. The topological polar surface area (TPSA) is 41.1 Å². The van der Waals surface area contributed by atoms with E-state index in [9.17, 15) is 13.6 Å². The molecule has 2 N–H and O–H groups in total. The van der Waals surface area contributed by atoms with Crippen LogP contribution in [0, 0.1) is 11.6 Å². The van der Waals surface area contributed by atoms with Crippen LogP contribution >= 0.6 is 15.9 Å². The van der Waals surface area contributed by atoms with E-state index in [0.29, 0.717) is 0 Å². The molecule has 0 unspecified atom stereocenters. The molecule has 0 atom stereocenters. The van der Waals surface area contributed by atoms with E-state index >= 15 is 0 Å². The minimum absolute atomic E-state index is 0.197. The molecule has 2 aromatic rings. The first kappa shape index (κ1) is 14.5. The van der Waals surface area contributed by atoms with Crippen LogP contribution in [0.1, 0.15) is 5.56 Å². The Kier molecular flexibility index (Phi) is 4.68. The summed E-state index contributed by atoms with van der Waals surface area (Å²) >= 11 is 3.32. The number of rotatable bonds is 3. The van der Waals surface area contributed by atoms with Crippen molar-refractivity contribution in [2.24, 2.45) is 0 Å². The molecule has 0 spiro atoms. The van der Waals surface area contributed by atoms with Crippen molar-refractivity contribution in [3.63, 3.8) is 0 Å². The fraction of sp³-hybridized carbons (Fsp3) is 0.0714. The lowest BCUT2D eigenvalue weighted by atomic mass is 10.2. The molecule has 0 aliphatic carbocycles. The highest BCUT2D eigenvalue weighted by Crippen LogP contribution is 2.15. The van der Waals surface area contributed by atoms with Crippen molar-refractivity contribution >= 4 is 27.6 Å². The first-order chi connectivity index (χ1) is 9.54. The normalized spacial score (nSPS) is 10.2. The smallest absolute Gasteiger partial charge is 0.319 e. The van der Waals surface area contributed by atoms with E-state index in [1.807, 2.05) is 24.3 Å². The molecule has 6 heteroatoms. The van der Waals surface area contributed by atoms with Crippen LogP contribution in [-0.2, 0) is 6.54 Å². The first-order valence-electron chi connectivity index (χ1n) is 5.79. The zero-order chi connectivity index (χ0) is 14.5. The average molecular weight is 341 g/mol. The van der Waals surface area contributed by atoms with Gasteiger partial charge in [-0.15, -0.1) is 0 Å². The fourth-order valence-electron chi connectivity index (χ4n) is 1.59. The molecule has 104 valence electrons. The van der Waals surface area contributed by atoms with Crippen molar-refractivity contribution in [2.75, 3.05) is 5.32 Å². The third-order valence-electron chi connectivity index (χ3n) is 2.52. The number of urea groups is 1. The number of nitrogens with one attached hydrogen (secondary N) is 2. The Morgan fingerprint density at radius 3 is 2.70 bits per heavy atom. The van der Waals surface area contributed by atoms with Gasteiger partial charge in [-0.3, -0.25) is 0 Å². The van der Waals surface area contributed by atoms with E-state index in [4.69, 9.17) is 0 Å². The van der Waals surface area contributed by atoms with Gasteiger partial charge >= 0.3 is 6.03 Å². The maximum absolute atomic E-state index is 13.3. The summed E-state index contributed by atoms with van der Waals surface area (Å²) in [5.41, 5.74) is 0.686. The third kappa shape index (κ3) is 4.03. The van der Waals surface area contributed by atoms with Crippen LogP contribution in [0.5, 0.6) is 0 Å². The van der Waals surface area contributed by atoms with Crippen LogP contribution in [0.25, 0.3) is 0 Å². The molecule has 0 heterocycles. The van der Waals surface area contributed by atoms with E-state index in [-0.39, 0.29) is 12.2 Å². The first-order valence-corrected chi connectivity index (χ1v) is 6.58. The van der Waals surface area contributed by atoms with Gasteiger partial charge < -0.3 is 10.6 Å². The number of halogens is 3. The van der Waals surface area contributed by atoms with E-state index in [1.165, 1.54) is 0 Å². The summed E-state index contributed by atoms with van der Waals surface area (Å²) < 4.78 is 27.2. The molecule has 0 aromatic heterocycles. The Labute approximate surface area is 123 Å². The third-order valence-corrected chi connectivity index (χ3v) is 3.01. The van der Waals surface area contributed by atoms with Crippen LogP contribution in [0.4, 0.5) is 19.3 Å². The molecule has 2 amide bonds. The Balaban J connectivity index is 1.94. The fourth-order valence-corrected chi connectivity index (χ4v) is 2.04. The van der Waals surface area contributed by atoms with Gasteiger partial charge in [0.1, 0.15) is 11.6 Å². The van der Waals surface area contributed by atoms with Gasteiger partial charge in [0.15, 0.2) is 0 Å². The average Bonchev–Trinajstić information content (AvgIpc) is 2.41. The second-order valence-electron chi connectivity index (χ2n) is 4.06. The van der Waals surface area contributed by atoms with E-state index in [1.54, 1.807) is 0 Å². The number of hydrogen-bond acceptors (Lipinski definition) is 1. The number of benzene rings is 2. The molecule has 20 heavy (non-hydrogen) atoms. The van der Waals surface area contributed by atoms with E-state index < -0.39 is 17.7 Å². The lowest BCUT2D eigenvalue weighted by molar-refractivity contribution is 0.251. The van der Waals surface area contributed by atoms with Gasteiger partial charge in [-0.25, -0.2) is 13.6 Å². The highest BCUT2D eigenvalue weighted by molar-refractivity contribution is 9.10. The summed E-state index contributed by atoms with van der Waals surface area (Å²) in [5.74, 6) is -1.31. The van der Waals surface area contributed by atoms with Gasteiger partial charge in [-0.1, -0.05) is 28.1 Å². The summed E-state index contributed by atoms with van der Waals surface area (Å²) in [4.78, 5) is 11.6. The number of anilines is 1. The molecule has 2 rings (SSSR count). The molecular weight excluding hydrogens is 330 g/mol. The van der Waals surface area contributed by atoms with Gasteiger partial charge in [-0.2, -0.15) is 0 Å². The molecule has 0 fully saturated rings. The van der Waals surface area contributed by atoms with Crippen LogP contribution in [0.2, 0.25) is 0 Å². The molecule has 0 bridgehead atoms. The van der Waals surface area contributed by atoms with Crippen molar-refractivity contribution < 1.29 is 13.6 Å². The second kappa shape index (κ2) is 6.47. The Hall–Kier alpha value is -1.95. The summed E-state index contributed by atoms with van der Waals surface area (Å²) in [5, 5.41) is 4.82. The van der Waals surface area contributed by atoms with E-state index in [2.05, 4.69) is 26.6 Å². The predicted molar refractivity (Wildman–Crippen MR) is 76.4 cm³/mol. The van der Waals surface area contributed by atoms with Gasteiger partial charge in [0, 0.05) is 17.1 Å². The Morgan fingerprint density at radius 2 is 1.95 bits per heavy atom. The molecule has 0 saturated carbocycles. The molecular formula is C14H11BrF2N2O. The monoisotopic (exact) mass is 340 g/mol. The van der Waals surface area contributed by atoms with Gasteiger partial charge in [0.25, 0.3) is 0 Å². The van der Waals surface area contributed by atoms with Crippen LogP contribution in [0.15, 0.2) is 46.9 Å². The highest BCUT2D eigenvalue weighted by Gasteiger charge is 2.07. The van der Waals surface area contributed by atoms with Crippen LogP contribution in [-0.4, -0.2) is 6.03 Å². The minimum Gasteiger partial charge on any atom is -0.334 e. The molecule has 0 radical (unpaired) electrons. The lowest BCUT2D eigenvalue weighted by Gasteiger charge is -2.08. The van der Waals surface area contributed by atoms with Gasteiger partial charge in [0.05, 0.1) is 5.69 Å². The molecule has 2 aromatic carbocycles. The summed E-state index contributed by atoms with van der Waals surface area (Å²) in [6.45, 7) is 0.280. The quantitative estimate of drug-likeness (QED) is 0.869. The molecule has 3 nitrogen and oxygen atoms in total. The molecule has 0 saturated heterocycles. The maximum atomic E-state index is 13.3. The van der Waals surface area contributed by atoms with Crippen LogP contribution in [0.3, 0.4) is 0 Å². The van der Waals surface area contributed by atoms with Gasteiger partial charge in [0.2, 0.25) is 0 Å². The largest absolute Gasteiger partial charge is 0.334 e. The van der Waals surface area contributed by atoms with Crippen molar-refractivity contribution in [3.8, 4) is 0 Å². The minimum atomic E-state index is -0.691. The molecule has 0 aliphatic rings. The van der Waals surface area contributed by atoms with Crippen molar-refractivity contribution in [3.05, 3.63) is 64.1 Å². The number of carbonyl (C=O) groups excluding carboxylic acids is 1. The number of amides is 2. The summed E-state index contributed by atoms with van der Waals surface area (Å²) in [6, 6.07) is 9.66. The zero-order valence-corrected chi connectivity index (χ0v) is 11.9. The number of hydrogen-bond donors (Lipinski definition) is 2. The van der Waals surface area contributed by atoms with Crippen LogP contribution < -0.4 is 10.6 Å². The second-order valence-corrected chi connectivity index (χ2v) is 4.98. The maximum Gasteiger partial charge on any atom is 0.319 e. The Morgan fingerprint density at radius 1 is 1.15 bits per heavy atom. The van der Waals surface area contributed by atoms with Crippen molar-refractivity contribution in [1.29, 1.82) is 0 Å². The van der Waals surface area contributed by atoms with Gasteiger partial charge in [-0.05, 0) is 29.8 Å². The summed E-state index contributed by atoms with van der Waals surface area (Å²) in [6.07, 6.45) is 0. The zero-order valence-electron chi connectivity index (χ0n) is 10.3. The molecule has 0 aliphatic heterocycles. The Bertz CT molecular complexity index is 634. The van der Waals surface area contributed by atoms with E-state index in [0.717, 1.165) is 28.2 Å². The van der Waals surface area contributed by atoms with Crippen molar-refractivity contribution in [1.82, 2.24) is 5.32 Å². The number of carbonyl (C=O) groups is 1. The standard InChI is InChI=1S/C14H11BrF2N2O/c15-10-3-1-2-9(6-10)8-18-14(20)19-13-7-11(16)4-5-12(13)17/h1-7H,8H2,(H2,18,19,20).